The molecule has 0 aromatic carbocycles. The molecule has 2 atom stereocenters. The maximum atomic E-state index is 14.2. The number of halogens is 5. The van der Waals surface area contributed by atoms with Gasteiger partial charge in [0, 0.05) is 25.7 Å². The van der Waals surface area contributed by atoms with Crippen molar-refractivity contribution >= 4 is 0 Å². The minimum atomic E-state index is -2.43. The summed E-state index contributed by atoms with van der Waals surface area (Å²) in [4.78, 5) is 0. The topological polar surface area (TPSA) is 0 Å². The molecule has 0 amide bonds. The van der Waals surface area contributed by atoms with Gasteiger partial charge in [0.05, 0.1) is 0 Å². The number of alkyl halides is 5. The van der Waals surface area contributed by atoms with Crippen LogP contribution < -0.4 is 0 Å². The molecule has 0 radical (unpaired) electrons. The van der Waals surface area contributed by atoms with Crippen molar-refractivity contribution in [1.82, 2.24) is 0 Å². The number of rotatable bonds is 8. The molecule has 46 heavy (non-hydrogen) atoms. The minimum Gasteiger partial charge on any atom is -0.244 e. The average molecular weight is 657 g/mol. The summed E-state index contributed by atoms with van der Waals surface area (Å²) >= 11 is 0. The van der Waals surface area contributed by atoms with Gasteiger partial charge in [0.15, 0.2) is 0 Å². The van der Waals surface area contributed by atoms with Gasteiger partial charge in [-0.1, -0.05) is 96.3 Å². The van der Waals surface area contributed by atoms with Crippen molar-refractivity contribution in [3.8, 4) is 0 Å². The molecule has 0 N–H and O–H groups in total. The largest absolute Gasteiger partial charge is 0.248 e. The van der Waals surface area contributed by atoms with Crippen LogP contribution in [0.25, 0.3) is 0 Å². The quantitative estimate of drug-likeness (QED) is 0.228. The van der Waals surface area contributed by atoms with E-state index in [0.29, 0.717) is 49.4 Å². The molecule has 0 nitrogen and oxygen atoms in total. The van der Waals surface area contributed by atoms with Crippen LogP contribution in [0.5, 0.6) is 0 Å². The summed E-state index contributed by atoms with van der Waals surface area (Å²) in [5.41, 5.74) is -0.995. The Morgan fingerprint density at radius 1 is 0.391 bits per heavy atom. The number of hydrogen-bond donors (Lipinski definition) is 0. The Hall–Kier alpha value is -0.350. The van der Waals surface area contributed by atoms with Gasteiger partial charge in [-0.05, 0) is 118 Å². The average Bonchev–Trinajstić information content (AvgIpc) is 3.05. The maximum Gasteiger partial charge on any atom is 0.248 e. The summed E-state index contributed by atoms with van der Waals surface area (Å²) in [6.45, 7) is 1.74. The normalized spacial score (nSPS) is 33.9. The van der Waals surface area contributed by atoms with Crippen molar-refractivity contribution in [2.45, 2.75) is 211 Å². The fourth-order valence-corrected chi connectivity index (χ4v) is 11.4. The summed E-state index contributed by atoms with van der Waals surface area (Å²) < 4.78 is 68.5. The lowest BCUT2D eigenvalue weighted by molar-refractivity contribution is -0.0613. The standard InChI is InChI=1S/C21H35F3.C20H34F2/c1-20(22)11-7-17(8-12-20)19(15-16-5-3-2-4-6-16)18-9-13-21(23,24)14-10-18;21-20(22)13-11-18(12-14-20)19(17-9-5-2-6-10-17)15-16-7-3-1-4-8-16/h16-19H,2-15H2,1H3;16-19H,1-15H2. The van der Waals surface area contributed by atoms with Gasteiger partial charge >= 0.3 is 0 Å². The van der Waals surface area contributed by atoms with Crippen LogP contribution in [0.4, 0.5) is 22.0 Å². The Balaban J connectivity index is 0.000000182. The fourth-order valence-electron chi connectivity index (χ4n) is 11.4. The van der Waals surface area contributed by atoms with Gasteiger partial charge in [0.25, 0.3) is 0 Å². The van der Waals surface area contributed by atoms with Gasteiger partial charge < -0.3 is 0 Å². The first kappa shape index (κ1) is 36.9. The summed E-state index contributed by atoms with van der Waals surface area (Å²) in [6, 6.07) is 0. The lowest BCUT2D eigenvalue weighted by Gasteiger charge is -2.43. The first-order valence-corrected chi connectivity index (χ1v) is 20.4. The minimum absolute atomic E-state index is 0.0758. The molecule has 0 aliphatic heterocycles. The zero-order chi connectivity index (χ0) is 32.6. The molecule has 2 unspecified atom stereocenters. The van der Waals surface area contributed by atoms with E-state index in [2.05, 4.69) is 0 Å². The van der Waals surface area contributed by atoms with E-state index in [-0.39, 0.29) is 25.7 Å². The van der Waals surface area contributed by atoms with Crippen LogP contribution in [0.15, 0.2) is 0 Å². The van der Waals surface area contributed by atoms with Crippen LogP contribution in [0.1, 0.15) is 193 Å². The SMILES string of the molecule is CC1(F)CCC(C(CC2CCCCC2)C2CCC(F)(F)CC2)CC1.FC1(F)CCC(C(CC2CCCCC2)C2CCCCC2)CC1. The molecule has 0 bridgehead atoms. The van der Waals surface area contributed by atoms with Crippen LogP contribution in [0.2, 0.25) is 0 Å². The van der Waals surface area contributed by atoms with Gasteiger partial charge in [-0.25, -0.2) is 22.0 Å². The van der Waals surface area contributed by atoms with E-state index in [1.807, 2.05) is 0 Å². The highest BCUT2D eigenvalue weighted by Crippen LogP contribution is 2.50. The Kier molecular flexibility index (Phi) is 13.7. The third kappa shape index (κ3) is 11.3. The molecule has 6 saturated carbocycles. The summed E-state index contributed by atoms with van der Waals surface area (Å²) in [7, 11) is 0. The van der Waals surface area contributed by atoms with Crippen molar-refractivity contribution in [2.75, 3.05) is 0 Å². The van der Waals surface area contributed by atoms with Crippen LogP contribution in [0.3, 0.4) is 0 Å². The van der Waals surface area contributed by atoms with E-state index in [0.717, 1.165) is 49.4 Å². The first-order chi connectivity index (χ1) is 22.0. The molecule has 0 heterocycles. The van der Waals surface area contributed by atoms with Crippen molar-refractivity contribution in [2.24, 2.45) is 47.3 Å². The Morgan fingerprint density at radius 2 is 0.674 bits per heavy atom. The molecule has 5 heteroatoms. The zero-order valence-corrected chi connectivity index (χ0v) is 29.5. The van der Waals surface area contributed by atoms with E-state index < -0.39 is 17.5 Å². The molecule has 0 aromatic heterocycles. The van der Waals surface area contributed by atoms with Crippen molar-refractivity contribution in [1.29, 1.82) is 0 Å². The number of hydrogen-bond acceptors (Lipinski definition) is 0. The van der Waals surface area contributed by atoms with Crippen molar-refractivity contribution in [3.05, 3.63) is 0 Å². The molecule has 6 rings (SSSR count). The molecule has 6 fully saturated rings. The van der Waals surface area contributed by atoms with Crippen LogP contribution in [-0.2, 0) is 0 Å². The molecule has 268 valence electrons. The lowest BCUT2D eigenvalue weighted by Crippen LogP contribution is -2.36. The molecule has 0 aromatic rings. The van der Waals surface area contributed by atoms with E-state index >= 15 is 0 Å². The molecule has 0 spiro atoms. The van der Waals surface area contributed by atoms with Crippen molar-refractivity contribution < 1.29 is 22.0 Å². The molecular weight excluding hydrogens is 587 g/mol. The summed E-state index contributed by atoms with van der Waals surface area (Å²) in [5, 5.41) is 0. The Labute approximate surface area is 279 Å². The van der Waals surface area contributed by atoms with Crippen molar-refractivity contribution in [3.63, 3.8) is 0 Å². The third-order valence-electron chi connectivity index (χ3n) is 14.3. The predicted octanol–water partition coefficient (Wildman–Crippen LogP) is 14.3. The predicted molar refractivity (Wildman–Crippen MR) is 181 cm³/mol. The third-order valence-corrected chi connectivity index (χ3v) is 14.3. The molecule has 6 aliphatic rings. The smallest absolute Gasteiger partial charge is 0.244 e. The Morgan fingerprint density at radius 3 is 1.02 bits per heavy atom. The molecule has 0 saturated heterocycles. The van der Waals surface area contributed by atoms with Gasteiger partial charge in [-0.3, -0.25) is 0 Å². The van der Waals surface area contributed by atoms with Gasteiger partial charge in [-0.2, -0.15) is 0 Å². The molecular formula is C41H69F5. The van der Waals surface area contributed by atoms with E-state index in [4.69, 9.17) is 0 Å². The highest BCUT2D eigenvalue weighted by molar-refractivity contribution is 4.91. The lowest BCUT2D eigenvalue weighted by atomic mass is 9.64. The fraction of sp³-hybridized carbons (Fsp3) is 1.00. The van der Waals surface area contributed by atoms with Gasteiger partial charge in [0.2, 0.25) is 11.8 Å². The zero-order valence-electron chi connectivity index (χ0n) is 29.5. The maximum absolute atomic E-state index is 14.2. The van der Waals surface area contributed by atoms with Gasteiger partial charge in [-0.15, -0.1) is 0 Å². The van der Waals surface area contributed by atoms with Crippen LogP contribution >= 0.6 is 0 Å². The van der Waals surface area contributed by atoms with E-state index in [1.54, 1.807) is 6.92 Å². The first-order valence-electron chi connectivity index (χ1n) is 20.4. The Bertz CT molecular complexity index is 808. The monoisotopic (exact) mass is 657 g/mol. The second-order valence-corrected chi connectivity index (χ2v) is 17.8. The highest BCUT2D eigenvalue weighted by atomic mass is 19.3. The molecule has 6 aliphatic carbocycles. The highest BCUT2D eigenvalue weighted by Gasteiger charge is 2.43. The second kappa shape index (κ2) is 17.0. The summed E-state index contributed by atoms with van der Waals surface area (Å²) in [5.74, 6) is 0.729. The van der Waals surface area contributed by atoms with E-state index in [9.17, 15) is 22.0 Å². The second-order valence-electron chi connectivity index (χ2n) is 17.8. The van der Waals surface area contributed by atoms with Crippen LogP contribution in [0, 0.1) is 47.3 Å². The summed E-state index contributed by atoms with van der Waals surface area (Å²) in [6.07, 6.45) is 30.0. The van der Waals surface area contributed by atoms with E-state index in [1.165, 1.54) is 109 Å². The van der Waals surface area contributed by atoms with Gasteiger partial charge in [0.1, 0.15) is 5.67 Å². The van der Waals surface area contributed by atoms with Crippen LogP contribution in [-0.4, -0.2) is 17.5 Å².